The second kappa shape index (κ2) is 4.19. The molecule has 1 atom stereocenters. The number of piperidine rings is 1. The van der Waals surface area contributed by atoms with Gasteiger partial charge in [0.2, 0.25) is 0 Å². The van der Waals surface area contributed by atoms with Gasteiger partial charge < -0.3 is 5.32 Å². The Labute approximate surface area is 100 Å². The summed E-state index contributed by atoms with van der Waals surface area (Å²) in [5, 5.41) is 5.12. The van der Waals surface area contributed by atoms with E-state index >= 15 is 0 Å². The topological polar surface area (TPSA) is 12.0 Å². The third-order valence-electron chi connectivity index (χ3n) is 3.48. The van der Waals surface area contributed by atoms with E-state index in [1.807, 2.05) is 11.3 Å². The lowest BCUT2D eigenvalue weighted by molar-refractivity contribution is 0.414. The molecule has 0 bridgehead atoms. The van der Waals surface area contributed by atoms with Crippen molar-refractivity contribution in [2.75, 3.05) is 6.54 Å². The van der Waals surface area contributed by atoms with Crippen molar-refractivity contribution in [3.05, 3.63) is 34.7 Å². The molecule has 2 heterocycles. The van der Waals surface area contributed by atoms with Crippen LogP contribution >= 0.6 is 11.3 Å². The molecule has 1 fully saturated rings. The van der Waals surface area contributed by atoms with Gasteiger partial charge in [0.15, 0.2) is 0 Å². The zero-order chi connectivity index (χ0) is 11.0. The number of thiophene rings is 1. The average molecular weight is 231 g/mol. The van der Waals surface area contributed by atoms with Gasteiger partial charge >= 0.3 is 0 Å². The Hall–Kier alpha value is -0.860. The molecule has 0 radical (unpaired) electrons. The fourth-order valence-corrected chi connectivity index (χ4v) is 3.85. The van der Waals surface area contributed by atoms with Crippen LogP contribution in [0.3, 0.4) is 0 Å². The first-order chi connectivity index (χ1) is 7.86. The Morgan fingerprint density at radius 1 is 1.25 bits per heavy atom. The summed E-state index contributed by atoms with van der Waals surface area (Å²) in [4.78, 5) is 1.49. The summed E-state index contributed by atoms with van der Waals surface area (Å²) >= 11 is 1.93. The molecule has 1 saturated heterocycles. The zero-order valence-electron chi connectivity index (χ0n) is 9.62. The van der Waals surface area contributed by atoms with E-state index in [2.05, 4.69) is 36.5 Å². The largest absolute Gasteiger partial charge is 0.310 e. The number of benzene rings is 1. The van der Waals surface area contributed by atoms with Crippen molar-refractivity contribution in [1.82, 2.24) is 5.32 Å². The molecule has 1 aromatic heterocycles. The first kappa shape index (κ1) is 10.3. The van der Waals surface area contributed by atoms with Gasteiger partial charge in [-0.05, 0) is 43.3 Å². The van der Waals surface area contributed by atoms with Crippen LogP contribution in [0.4, 0.5) is 0 Å². The van der Waals surface area contributed by atoms with Crippen molar-refractivity contribution in [2.45, 2.75) is 32.2 Å². The van der Waals surface area contributed by atoms with Crippen LogP contribution in [0.25, 0.3) is 10.1 Å². The molecule has 1 unspecified atom stereocenters. The third kappa shape index (κ3) is 1.66. The highest BCUT2D eigenvalue weighted by Gasteiger charge is 2.20. The molecule has 3 rings (SSSR count). The van der Waals surface area contributed by atoms with Crippen LogP contribution in [-0.4, -0.2) is 6.54 Å². The number of fused-ring (bicyclic) bond motifs is 1. The highest BCUT2D eigenvalue weighted by Crippen LogP contribution is 2.37. The Morgan fingerprint density at radius 3 is 2.94 bits per heavy atom. The molecule has 1 N–H and O–H groups in total. The van der Waals surface area contributed by atoms with Gasteiger partial charge in [0.25, 0.3) is 0 Å². The molecule has 1 nitrogen and oxygen atoms in total. The van der Waals surface area contributed by atoms with Gasteiger partial charge in [-0.15, -0.1) is 11.3 Å². The van der Waals surface area contributed by atoms with Crippen molar-refractivity contribution in [3.63, 3.8) is 0 Å². The van der Waals surface area contributed by atoms with Gasteiger partial charge in [-0.1, -0.05) is 24.6 Å². The van der Waals surface area contributed by atoms with E-state index in [9.17, 15) is 0 Å². The quantitative estimate of drug-likeness (QED) is 0.781. The van der Waals surface area contributed by atoms with Crippen molar-refractivity contribution >= 4 is 21.4 Å². The summed E-state index contributed by atoms with van der Waals surface area (Å²) < 4.78 is 1.43. The van der Waals surface area contributed by atoms with Gasteiger partial charge in [0.05, 0.1) is 0 Å². The van der Waals surface area contributed by atoms with Crippen molar-refractivity contribution in [1.29, 1.82) is 0 Å². The summed E-state index contributed by atoms with van der Waals surface area (Å²) in [7, 11) is 0. The minimum atomic E-state index is 0.588. The van der Waals surface area contributed by atoms with E-state index < -0.39 is 0 Å². The monoisotopic (exact) mass is 231 g/mol. The van der Waals surface area contributed by atoms with Gasteiger partial charge in [-0.25, -0.2) is 0 Å². The van der Waals surface area contributed by atoms with Gasteiger partial charge in [0, 0.05) is 15.6 Å². The van der Waals surface area contributed by atoms with Crippen LogP contribution in [-0.2, 0) is 0 Å². The lowest BCUT2D eigenvalue weighted by Crippen LogP contribution is -2.26. The van der Waals surface area contributed by atoms with E-state index in [-0.39, 0.29) is 0 Å². The molecule has 2 aromatic rings. The number of rotatable bonds is 1. The smallest absolute Gasteiger partial charge is 0.0349 e. The van der Waals surface area contributed by atoms with Crippen LogP contribution < -0.4 is 5.32 Å². The van der Waals surface area contributed by atoms with Crippen LogP contribution in [0.5, 0.6) is 0 Å². The van der Waals surface area contributed by atoms with Gasteiger partial charge in [0.1, 0.15) is 0 Å². The summed E-state index contributed by atoms with van der Waals surface area (Å²) in [6, 6.07) is 9.38. The standard InChI is InChI=1S/C14H17NS/c1-10-14(12-7-4-5-9-15-12)11-6-2-3-8-13(11)16-10/h2-3,6,8,12,15H,4-5,7,9H2,1H3. The molecule has 0 amide bonds. The molecule has 84 valence electrons. The Bertz CT molecular complexity index is 494. The summed E-state index contributed by atoms with van der Waals surface area (Å²) in [6.07, 6.45) is 3.99. The highest BCUT2D eigenvalue weighted by atomic mass is 32.1. The van der Waals surface area contributed by atoms with Crippen LogP contribution in [0, 0.1) is 6.92 Å². The molecule has 16 heavy (non-hydrogen) atoms. The molecule has 2 heteroatoms. The predicted molar refractivity (Wildman–Crippen MR) is 71.2 cm³/mol. The van der Waals surface area contributed by atoms with Crippen LogP contribution in [0.2, 0.25) is 0 Å². The first-order valence-corrected chi connectivity index (χ1v) is 6.89. The lowest BCUT2D eigenvalue weighted by atomic mass is 9.95. The lowest BCUT2D eigenvalue weighted by Gasteiger charge is -2.24. The predicted octanol–water partition coefficient (Wildman–Crippen LogP) is 4.02. The number of aryl methyl sites for hydroxylation is 1. The molecule has 1 aromatic carbocycles. The maximum absolute atomic E-state index is 3.66. The van der Waals surface area contributed by atoms with Gasteiger partial charge in [-0.3, -0.25) is 0 Å². The molecule has 0 spiro atoms. The average Bonchev–Trinajstić information content (AvgIpc) is 2.66. The first-order valence-electron chi connectivity index (χ1n) is 6.07. The number of nitrogens with one attached hydrogen (secondary N) is 1. The number of hydrogen-bond acceptors (Lipinski definition) is 2. The molecule has 1 aliphatic heterocycles. The molecule has 0 saturated carbocycles. The fourth-order valence-electron chi connectivity index (χ4n) is 2.72. The van der Waals surface area contributed by atoms with Gasteiger partial charge in [-0.2, -0.15) is 0 Å². The second-order valence-electron chi connectivity index (χ2n) is 4.57. The van der Waals surface area contributed by atoms with Crippen LogP contribution in [0.1, 0.15) is 35.7 Å². The van der Waals surface area contributed by atoms with E-state index in [0.29, 0.717) is 6.04 Å². The zero-order valence-corrected chi connectivity index (χ0v) is 10.4. The fraction of sp³-hybridized carbons (Fsp3) is 0.429. The Balaban J connectivity index is 2.10. The summed E-state index contributed by atoms with van der Waals surface area (Å²) in [6.45, 7) is 3.44. The van der Waals surface area contributed by atoms with Crippen LogP contribution in [0.15, 0.2) is 24.3 Å². The Morgan fingerprint density at radius 2 is 2.12 bits per heavy atom. The van der Waals surface area contributed by atoms with E-state index in [1.165, 1.54) is 40.8 Å². The highest BCUT2D eigenvalue weighted by molar-refractivity contribution is 7.19. The minimum Gasteiger partial charge on any atom is -0.310 e. The molecule has 0 aliphatic carbocycles. The van der Waals surface area contributed by atoms with E-state index in [0.717, 1.165) is 0 Å². The molecular weight excluding hydrogens is 214 g/mol. The summed E-state index contributed by atoms with van der Waals surface area (Å²) in [5.74, 6) is 0. The molecule has 1 aliphatic rings. The van der Waals surface area contributed by atoms with E-state index in [1.54, 1.807) is 5.56 Å². The molecular formula is C14H17NS. The van der Waals surface area contributed by atoms with Crippen molar-refractivity contribution in [3.8, 4) is 0 Å². The minimum absolute atomic E-state index is 0.588. The van der Waals surface area contributed by atoms with Crippen molar-refractivity contribution < 1.29 is 0 Å². The normalized spacial score (nSPS) is 21.4. The summed E-state index contributed by atoms with van der Waals surface area (Å²) in [5.41, 5.74) is 1.56. The van der Waals surface area contributed by atoms with E-state index in [4.69, 9.17) is 0 Å². The Kier molecular flexibility index (Phi) is 2.70. The maximum Gasteiger partial charge on any atom is 0.0349 e. The number of hydrogen-bond donors (Lipinski definition) is 1. The second-order valence-corrected chi connectivity index (χ2v) is 5.83. The maximum atomic E-state index is 3.66. The van der Waals surface area contributed by atoms with Crippen molar-refractivity contribution in [2.24, 2.45) is 0 Å². The SMILES string of the molecule is Cc1sc2ccccc2c1C1CCCCN1. The third-order valence-corrected chi connectivity index (χ3v) is 4.58.